The summed E-state index contributed by atoms with van der Waals surface area (Å²) in [6.07, 6.45) is -1.49. The summed E-state index contributed by atoms with van der Waals surface area (Å²) in [6.45, 7) is -0.591. The Bertz CT molecular complexity index is 978. The number of carbonyl (C=O) groups excluding carboxylic acids is 2. The summed E-state index contributed by atoms with van der Waals surface area (Å²) in [7, 11) is 0. The van der Waals surface area contributed by atoms with Crippen molar-refractivity contribution in [1.29, 1.82) is 0 Å². The van der Waals surface area contributed by atoms with Crippen molar-refractivity contribution in [2.45, 2.75) is 13.2 Å². The van der Waals surface area contributed by atoms with Gasteiger partial charge in [0.15, 0.2) is 0 Å². The summed E-state index contributed by atoms with van der Waals surface area (Å²) in [5.41, 5.74) is 1.27. The quantitative estimate of drug-likeness (QED) is 0.430. The summed E-state index contributed by atoms with van der Waals surface area (Å²) < 4.78 is 24.8. The second-order valence-electron chi connectivity index (χ2n) is 6.31. The van der Waals surface area contributed by atoms with Crippen molar-refractivity contribution < 1.29 is 23.5 Å². The van der Waals surface area contributed by atoms with Gasteiger partial charge >= 0.3 is 12.2 Å². The fourth-order valence-electron chi connectivity index (χ4n) is 2.52. The van der Waals surface area contributed by atoms with E-state index < -0.39 is 18.0 Å². The molecule has 0 fully saturated rings. The van der Waals surface area contributed by atoms with E-state index in [4.69, 9.17) is 32.7 Å². The zero-order chi connectivity index (χ0) is 22.2. The Morgan fingerprint density at radius 3 is 1.48 bits per heavy atom. The summed E-state index contributed by atoms with van der Waals surface area (Å²) in [6, 6.07) is 17.4. The number of ether oxygens (including phenoxy) is 2. The van der Waals surface area contributed by atoms with E-state index in [0.717, 1.165) is 0 Å². The second-order valence-corrected chi connectivity index (χ2v) is 7.18. The fourth-order valence-corrected chi connectivity index (χ4v) is 2.77. The molecule has 160 valence electrons. The Morgan fingerprint density at radius 2 is 1.10 bits per heavy atom. The highest BCUT2D eigenvalue weighted by atomic mass is 35.5. The minimum Gasteiger partial charge on any atom is -0.444 e. The predicted molar refractivity (Wildman–Crippen MR) is 117 cm³/mol. The Hall–Kier alpha value is -3.29. The number of anilines is 2. The lowest BCUT2D eigenvalue weighted by atomic mass is 10.1. The smallest absolute Gasteiger partial charge is 0.411 e. The molecule has 6 nitrogen and oxygen atoms in total. The molecule has 0 unspecified atom stereocenters. The van der Waals surface area contributed by atoms with E-state index >= 15 is 0 Å². The number of rotatable bonds is 6. The van der Waals surface area contributed by atoms with Crippen molar-refractivity contribution in [2.24, 2.45) is 0 Å². The van der Waals surface area contributed by atoms with Gasteiger partial charge in [-0.15, -0.1) is 0 Å². The third-order valence-electron chi connectivity index (χ3n) is 4.06. The average Bonchev–Trinajstić information content (AvgIpc) is 2.75. The van der Waals surface area contributed by atoms with Gasteiger partial charge in [0.25, 0.3) is 0 Å². The number of nitrogens with one attached hydrogen (secondary N) is 2. The minimum atomic E-state index is -0.745. The van der Waals surface area contributed by atoms with E-state index in [9.17, 15) is 14.0 Å². The molecule has 0 aliphatic carbocycles. The lowest BCUT2D eigenvalue weighted by Crippen LogP contribution is -2.15. The van der Waals surface area contributed by atoms with Gasteiger partial charge in [0.05, 0.1) is 0 Å². The largest absolute Gasteiger partial charge is 0.444 e. The van der Waals surface area contributed by atoms with Gasteiger partial charge in [0.2, 0.25) is 0 Å². The lowest BCUT2D eigenvalue weighted by molar-refractivity contribution is 0.151. The predicted octanol–water partition coefficient (Wildman–Crippen LogP) is 6.63. The summed E-state index contributed by atoms with van der Waals surface area (Å²) >= 11 is 11.6. The molecule has 3 rings (SSSR count). The first-order chi connectivity index (χ1) is 14.9. The van der Waals surface area contributed by atoms with Gasteiger partial charge in [-0.2, -0.15) is 0 Å². The maximum Gasteiger partial charge on any atom is 0.411 e. The monoisotopic (exact) mass is 462 g/mol. The van der Waals surface area contributed by atoms with Crippen LogP contribution in [-0.2, 0) is 22.7 Å². The zero-order valence-electron chi connectivity index (χ0n) is 16.0. The molecule has 0 spiro atoms. The second kappa shape index (κ2) is 10.7. The molecule has 0 saturated heterocycles. The van der Waals surface area contributed by atoms with Crippen molar-refractivity contribution in [3.8, 4) is 0 Å². The Balaban J connectivity index is 1.51. The SMILES string of the molecule is O=C(Nc1ccc(Cl)cc1)OCc1cccc(COC(=O)Nc2ccc(Cl)cc2)c1F. The van der Waals surface area contributed by atoms with E-state index in [-0.39, 0.29) is 24.3 Å². The van der Waals surface area contributed by atoms with E-state index in [2.05, 4.69) is 10.6 Å². The first kappa shape index (κ1) is 22.4. The molecule has 0 heterocycles. The van der Waals surface area contributed by atoms with Crippen molar-refractivity contribution >= 4 is 46.8 Å². The van der Waals surface area contributed by atoms with Gasteiger partial charge < -0.3 is 9.47 Å². The molecule has 3 aromatic rings. The molecule has 2 amide bonds. The van der Waals surface area contributed by atoms with Gasteiger partial charge in [0, 0.05) is 32.5 Å². The van der Waals surface area contributed by atoms with Crippen LogP contribution in [0.4, 0.5) is 25.4 Å². The van der Waals surface area contributed by atoms with Crippen LogP contribution in [0.2, 0.25) is 10.0 Å². The Morgan fingerprint density at radius 1 is 0.710 bits per heavy atom. The molecule has 0 aliphatic rings. The summed E-state index contributed by atoms with van der Waals surface area (Å²) in [5.74, 6) is -0.624. The number of halogens is 3. The van der Waals surface area contributed by atoms with Crippen LogP contribution in [0.15, 0.2) is 66.7 Å². The van der Waals surface area contributed by atoms with Gasteiger partial charge in [-0.05, 0) is 48.5 Å². The van der Waals surface area contributed by atoms with E-state index in [0.29, 0.717) is 21.4 Å². The molecule has 0 atom stereocenters. The standard InChI is InChI=1S/C22H17Cl2FN2O4/c23-16-4-8-18(9-5-16)26-21(28)30-12-14-2-1-3-15(20(14)25)13-31-22(29)27-19-10-6-17(24)7-11-19/h1-11H,12-13H2,(H,26,28)(H,27,29). The average molecular weight is 463 g/mol. The van der Waals surface area contributed by atoms with Gasteiger partial charge in [-0.3, -0.25) is 10.6 Å². The third kappa shape index (κ3) is 6.87. The molecule has 9 heteroatoms. The van der Waals surface area contributed by atoms with Gasteiger partial charge in [-0.25, -0.2) is 14.0 Å². The highest BCUT2D eigenvalue weighted by Gasteiger charge is 2.13. The van der Waals surface area contributed by atoms with Crippen LogP contribution in [0.5, 0.6) is 0 Å². The highest BCUT2D eigenvalue weighted by Crippen LogP contribution is 2.18. The number of amides is 2. The van der Waals surface area contributed by atoms with Crippen molar-refractivity contribution in [3.63, 3.8) is 0 Å². The highest BCUT2D eigenvalue weighted by molar-refractivity contribution is 6.30. The van der Waals surface area contributed by atoms with Gasteiger partial charge in [0.1, 0.15) is 19.0 Å². The minimum absolute atomic E-state index is 0.144. The lowest BCUT2D eigenvalue weighted by Gasteiger charge is -2.11. The van der Waals surface area contributed by atoms with Gasteiger partial charge in [-0.1, -0.05) is 41.4 Å². The first-order valence-corrected chi connectivity index (χ1v) is 9.81. The van der Waals surface area contributed by atoms with Crippen LogP contribution >= 0.6 is 23.2 Å². The normalized spacial score (nSPS) is 10.3. The van der Waals surface area contributed by atoms with Crippen LogP contribution in [0, 0.1) is 5.82 Å². The summed E-state index contributed by atoms with van der Waals surface area (Å²) in [4.78, 5) is 23.8. The van der Waals surface area contributed by atoms with E-state index in [1.165, 1.54) is 12.1 Å². The van der Waals surface area contributed by atoms with Crippen LogP contribution in [0.25, 0.3) is 0 Å². The summed E-state index contributed by atoms with van der Waals surface area (Å²) in [5, 5.41) is 6.08. The Kier molecular flexibility index (Phi) is 7.70. The number of hydrogen-bond donors (Lipinski definition) is 2. The van der Waals surface area contributed by atoms with Crippen molar-refractivity contribution in [2.75, 3.05) is 10.6 Å². The third-order valence-corrected chi connectivity index (χ3v) is 4.56. The van der Waals surface area contributed by atoms with Crippen molar-refractivity contribution in [3.05, 3.63) is 93.7 Å². The number of benzene rings is 3. The molecule has 0 radical (unpaired) electrons. The molecule has 31 heavy (non-hydrogen) atoms. The zero-order valence-corrected chi connectivity index (χ0v) is 17.5. The van der Waals surface area contributed by atoms with E-state index in [1.807, 2.05) is 0 Å². The molecule has 3 aromatic carbocycles. The molecule has 0 saturated carbocycles. The molecular formula is C22H17Cl2FN2O4. The number of hydrogen-bond acceptors (Lipinski definition) is 4. The number of carbonyl (C=O) groups is 2. The van der Waals surface area contributed by atoms with Crippen LogP contribution in [0.1, 0.15) is 11.1 Å². The Labute approximate surface area is 187 Å². The molecule has 2 N–H and O–H groups in total. The molecular weight excluding hydrogens is 446 g/mol. The molecule has 0 bridgehead atoms. The van der Waals surface area contributed by atoms with Crippen molar-refractivity contribution in [1.82, 2.24) is 0 Å². The van der Waals surface area contributed by atoms with Crippen LogP contribution < -0.4 is 10.6 Å². The maximum absolute atomic E-state index is 14.7. The van der Waals surface area contributed by atoms with Crippen LogP contribution in [0.3, 0.4) is 0 Å². The van der Waals surface area contributed by atoms with E-state index in [1.54, 1.807) is 54.6 Å². The molecule has 0 aromatic heterocycles. The van der Waals surface area contributed by atoms with Crippen LogP contribution in [-0.4, -0.2) is 12.2 Å². The first-order valence-electron chi connectivity index (χ1n) is 9.05. The fraction of sp³-hybridized carbons (Fsp3) is 0.0909. The maximum atomic E-state index is 14.7. The molecule has 0 aliphatic heterocycles. The topological polar surface area (TPSA) is 76.7 Å².